The Balaban J connectivity index is 1.39. The molecule has 8 nitrogen and oxygen atoms in total. The maximum atomic E-state index is 12.8. The van der Waals surface area contributed by atoms with Crippen molar-refractivity contribution in [3.63, 3.8) is 0 Å². The summed E-state index contributed by atoms with van der Waals surface area (Å²) in [7, 11) is -3.41. The van der Waals surface area contributed by atoms with Crippen molar-refractivity contribution in [2.24, 2.45) is 0 Å². The average Bonchev–Trinajstić information content (AvgIpc) is 3.20. The Kier molecular flexibility index (Phi) is 9.14. The topological polar surface area (TPSA) is 111 Å². The number of benzene rings is 2. The highest BCUT2D eigenvalue weighted by Crippen LogP contribution is 2.25. The van der Waals surface area contributed by atoms with E-state index in [1.165, 1.54) is 6.20 Å². The first-order chi connectivity index (χ1) is 16.3. The van der Waals surface area contributed by atoms with Gasteiger partial charge in [-0.2, -0.15) is 5.10 Å². The van der Waals surface area contributed by atoms with Crippen LogP contribution in [0.4, 0.5) is 0 Å². The standard InChI is InChI=1S/C24H29N3O5S2/c1-18-15-21(9-10-22(18)32-17-24(28)29)33-13-12-25-11-6-14-34(30,31)23-16-26-27(19(23)2)20-7-4-3-5-8-20/h3-5,7-10,15-16,25H,6,11-14,17H2,1-2H3,(H,28,29). The Labute approximate surface area is 204 Å². The summed E-state index contributed by atoms with van der Waals surface area (Å²) >= 11 is 1.67. The van der Waals surface area contributed by atoms with Crippen molar-refractivity contribution in [3.05, 3.63) is 66.0 Å². The monoisotopic (exact) mass is 503 g/mol. The summed E-state index contributed by atoms with van der Waals surface area (Å²) in [6.07, 6.45) is 1.94. The second kappa shape index (κ2) is 12.0. The molecule has 1 aromatic heterocycles. The average molecular weight is 504 g/mol. The summed E-state index contributed by atoms with van der Waals surface area (Å²) in [4.78, 5) is 12.0. The highest BCUT2D eigenvalue weighted by Gasteiger charge is 2.21. The molecule has 2 N–H and O–H groups in total. The lowest BCUT2D eigenvalue weighted by molar-refractivity contribution is -0.139. The number of carboxylic acids is 1. The lowest BCUT2D eigenvalue weighted by Crippen LogP contribution is -2.21. The van der Waals surface area contributed by atoms with Crippen molar-refractivity contribution in [2.45, 2.75) is 30.1 Å². The van der Waals surface area contributed by atoms with Gasteiger partial charge in [-0.05, 0) is 62.7 Å². The summed E-state index contributed by atoms with van der Waals surface area (Å²) in [5.41, 5.74) is 2.33. The molecule has 10 heteroatoms. The second-order valence-electron chi connectivity index (χ2n) is 7.72. The van der Waals surface area contributed by atoms with Gasteiger partial charge >= 0.3 is 5.97 Å². The summed E-state index contributed by atoms with van der Waals surface area (Å²) in [6, 6.07) is 15.1. The van der Waals surface area contributed by atoms with Crippen LogP contribution >= 0.6 is 11.8 Å². The van der Waals surface area contributed by atoms with Gasteiger partial charge in [-0.25, -0.2) is 17.9 Å². The molecule has 1 heterocycles. The molecule has 0 atom stereocenters. The molecule has 0 amide bonds. The third-order valence-corrected chi connectivity index (χ3v) is 8.00. The molecule has 0 unspecified atom stereocenters. The highest BCUT2D eigenvalue weighted by atomic mass is 32.2. The van der Waals surface area contributed by atoms with Crippen LogP contribution in [0.5, 0.6) is 5.75 Å². The smallest absolute Gasteiger partial charge is 0.341 e. The van der Waals surface area contributed by atoms with Gasteiger partial charge in [0.25, 0.3) is 0 Å². The number of hydrogen-bond donors (Lipinski definition) is 2. The van der Waals surface area contributed by atoms with Gasteiger partial charge in [-0.15, -0.1) is 11.8 Å². The quantitative estimate of drug-likeness (QED) is 0.269. The number of carbonyl (C=O) groups is 1. The van der Waals surface area contributed by atoms with Crippen molar-refractivity contribution in [3.8, 4) is 11.4 Å². The summed E-state index contributed by atoms with van der Waals surface area (Å²) in [6.45, 7) is 4.64. The zero-order valence-corrected chi connectivity index (χ0v) is 20.9. The molecule has 0 aliphatic rings. The lowest BCUT2D eigenvalue weighted by atomic mass is 10.2. The van der Waals surface area contributed by atoms with Gasteiger partial charge in [-0.3, -0.25) is 0 Å². The molecule has 0 saturated carbocycles. The first kappa shape index (κ1) is 25.8. The van der Waals surface area contributed by atoms with E-state index in [9.17, 15) is 13.2 Å². The summed E-state index contributed by atoms with van der Waals surface area (Å²) < 4.78 is 32.5. The van der Waals surface area contributed by atoms with Crippen molar-refractivity contribution >= 4 is 27.6 Å². The normalized spacial score (nSPS) is 11.5. The number of aromatic nitrogens is 2. The minimum absolute atomic E-state index is 0.0610. The molecule has 0 fully saturated rings. The fraction of sp³-hybridized carbons (Fsp3) is 0.333. The fourth-order valence-corrected chi connectivity index (χ4v) is 5.80. The van der Waals surface area contributed by atoms with Crippen LogP contribution in [0, 0.1) is 13.8 Å². The van der Waals surface area contributed by atoms with Crippen LogP contribution in [0.1, 0.15) is 17.7 Å². The molecule has 0 saturated heterocycles. The predicted molar refractivity (Wildman–Crippen MR) is 133 cm³/mol. The first-order valence-electron chi connectivity index (χ1n) is 10.9. The van der Waals surface area contributed by atoms with E-state index in [4.69, 9.17) is 9.84 Å². The Morgan fingerprint density at radius 2 is 1.91 bits per heavy atom. The largest absolute Gasteiger partial charge is 0.482 e. The number of rotatable bonds is 13. The maximum Gasteiger partial charge on any atom is 0.341 e. The van der Waals surface area contributed by atoms with Crippen LogP contribution in [0.15, 0.2) is 64.5 Å². The second-order valence-corrected chi connectivity index (χ2v) is 11.0. The van der Waals surface area contributed by atoms with Crippen LogP contribution in [0.25, 0.3) is 5.69 Å². The van der Waals surface area contributed by atoms with E-state index >= 15 is 0 Å². The summed E-state index contributed by atoms with van der Waals surface area (Å²) in [5.74, 6) is 0.445. The molecule has 0 aliphatic heterocycles. The van der Waals surface area contributed by atoms with E-state index in [0.717, 1.165) is 28.4 Å². The minimum Gasteiger partial charge on any atom is -0.482 e. The Morgan fingerprint density at radius 3 is 2.62 bits per heavy atom. The van der Waals surface area contributed by atoms with E-state index in [0.29, 0.717) is 24.4 Å². The minimum atomic E-state index is -3.41. The number of nitrogens with zero attached hydrogens (tertiary/aromatic N) is 2. The van der Waals surface area contributed by atoms with E-state index in [1.807, 2.05) is 49.4 Å². The van der Waals surface area contributed by atoms with Crippen LogP contribution < -0.4 is 10.1 Å². The molecule has 0 aliphatic carbocycles. The molecule has 34 heavy (non-hydrogen) atoms. The number of para-hydroxylation sites is 1. The van der Waals surface area contributed by atoms with Gasteiger partial charge in [0.2, 0.25) is 0 Å². The maximum absolute atomic E-state index is 12.8. The molecule has 182 valence electrons. The van der Waals surface area contributed by atoms with Crippen molar-refractivity contribution < 1.29 is 23.1 Å². The van der Waals surface area contributed by atoms with Gasteiger partial charge in [0.1, 0.15) is 10.6 Å². The van der Waals surface area contributed by atoms with E-state index in [2.05, 4.69) is 10.4 Å². The Hall–Kier alpha value is -2.82. The molecular formula is C24H29N3O5S2. The number of thioether (sulfide) groups is 1. The molecule has 0 bridgehead atoms. The van der Waals surface area contributed by atoms with Gasteiger partial charge in [0.05, 0.1) is 23.3 Å². The van der Waals surface area contributed by atoms with Crippen molar-refractivity contribution in [1.82, 2.24) is 15.1 Å². The van der Waals surface area contributed by atoms with E-state index in [1.54, 1.807) is 29.4 Å². The molecule has 3 rings (SSSR count). The van der Waals surface area contributed by atoms with Gasteiger partial charge < -0.3 is 15.2 Å². The first-order valence-corrected chi connectivity index (χ1v) is 13.5. The number of ether oxygens (including phenoxy) is 1. The number of carboxylic acid groups (broad SMARTS) is 1. The Morgan fingerprint density at radius 1 is 1.15 bits per heavy atom. The number of aryl methyl sites for hydroxylation is 1. The SMILES string of the molecule is Cc1cc(SCCNCCCS(=O)(=O)c2cnn(-c3ccccc3)c2C)ccc1OCC(=O)O. The third kappa shape index (κ3) is 7.09. The van der Waals surface area contributed by atoms with Crippen LogP contribution in [0.3, 0.4) is 0 Å². The van der Waals surface area contributed by atoms with Gasteiger partial charge in [-0.1, -0.05) is 18.2 Å². The van der Waals surface area contributed by atoms with Gasteiger partial charge in [0, 0.05) is 17.2 Å². The number of nitrogens with one attached hydrogen (secondary N) is 1. The molecule has 0 radical (unpaired) electrons. The van der Waals surface area contributed by atoms with Crippen LogP contribution in [-0.2, 0) is 14.6 Å². The fourth-order valence-electron chi connectivity index (χ4n) is 3.41. The number of sulfone groups is 1. The predicted octanol–water partition coefficient (Wildman–Crippen LogP) is 3.50. The number of hydrogen-bond acceptors (Lipinski definition) is 7. The zero-order chi connectivity index (χ0) is 24.6. The van der Waals surface area contributed by atoms with Crippen LogP contribution in [-0.4, -0.2) is 60.5 Å². The lowest BCUT2D eigenvalue weighted by Gasteiger charge is -2.09. The molecular weight excluding hydrogens is 474 g/mol. The molecule has 2 aromatic carbocycles. The molecule has 0 spiro atoms. The van der Waals surface area contributed by atoms with Crippen LogP contribution in [0.2, 0.25) is 0 Å². The summed E-state index contributed by atoms with van der Waals surface area (Å²) in [5, 5.41) is 16.3. The number of aliphatic carboxylic acids is 1. The Bertz CT molecular complexity index is 1210. The van der Waals surface area contributed by atoms with Crippen molar-refractivity contribution in [1.29, 1.82) is 0 Å². The zero-order valence-electron chi connectivity index (χ0n) is 19.2. The third-order valence-electron chi connectivity index (χ3n) is 5.11. The van der Waals surface area contributed by atoms with E-state index < -0.39 is 15.8 Å². The molecule has 3 aromatic rings. The van der Waals surface area contributed by atoms with Crippen molar-refractivity contribution in [2.75, 3.05) is 31.2 Å². The van der Waals surface area contributed by atoms with Gasteiger partial charge in [0.15, 0.2) is 16.4 Å². The highest BCUT2D eigenvalue weighted by molar-refractivity contribution is 7.99. The van der Waals surface area contributed by atoms with E-state index in [-0.39, 0.29) is 17.3 Å².